The van der Waals surface area contributed by atoms with Crippen molar-refractivity contribution >= 4 is 47.2 Å². The first-order valence-corrected chi connectivity index (χ1v) is 11.8. The number of nitrogens with two attached hydrogens (primary N) is 3. The van der Waals surface area contributed by atoms with Crippen molar-refractivity contribution in [2.75, 3.05) is 24.6 Å². The highest BCUT2D eigenvalue weighted by Crippen LogP contribution is 2.31. The molecule has 0 fully saturated rings. The normalized spacial score (nSPS) is 10.7. The number of hydrogen-bond donors (Lipinski definition) is 4. The second-order valence-corrected chi connectivity index (χ2v) is 8.78. The van der Waals surface area contributed by atoms with Crippen LogP contribution in [0.3, 0.4) is 0 Å². The highest BCUT2D eigenvalue weighted by molar-refractivity contribution is 8.00. The molecule has 36 heavy (non-hydrogen) atoms. The highest BCUT2D eigenvalue weighted by atomic mass is 35.5. The van der Waals surface area contributed by atoms with Crippen LogP contribution >= 0.6 is 23.4 Å². The Kier molecular flexibility index (Phi) is 9.11. The largest absolute Gasteiger partial charge is 0.492 e. The molecule has 1 aromatic heterocycles. The Balaban J connectivity index is 1.81. The Labute approximate surface area is 214 Å². The number of hydrogen-bond acceptors (Lipinski definition) is 10. The number of thioether (sulfide) groups is 1. The molecule has 0 unspecified atom stereocenters. The third kappa shape index (κ3) is 7.10. The Morgan fingerprint density at radius 3 is 2.53 bits per heavy atom. The Bertz CT molecular complexity index is 1270. The van der Waals surface area contributed by atoms with Crippen LogP contribution in [0.2, 0.25) is 5.02 Å². The van der Waals surface area contributed by atoms with Crippen LogP contribution in [0.1, 0.15) is 32.2 Å². The number of nitrogen functional groups attached to an aromatic ring is 1. The van der Waals surface area contributed by atoms with Crippen LogP contribution < -0.4 is 21.9 Å². The molecule has 0 aliphatic rings. The van der Waals surface area contributed by atoms with E-state index in [4.69, 9.17) is 38.0 Å². The molecule has 1 heterocycles. The lowest BCUT2D eigenvalue weighted by atomic mass is 10.0. The summed E-state index contributed by atoms with van der Waals surface area (Å²) in [4.78, 5) is 38.4. The van der Waals surface area contributed by atoms with Gasteiger partial charge in [-0.1, -0.05) is 22.8 Å². The molecule has 0 aliphatic carbocycles. The molecule has 0 saturated carbocycles. The molecular weight excluding hydrogens is 512 g/mol. The molecule has 7 N–H and O–H groups in total. The molecule has 12 nitrogen and oxygen atoms in total. The maximum atomic E-state index is 13.2. The fourth-order valence-corrected chi connectivity index (χ4v) is 4.27. The number of primary amides is 1. The molecule has 2 aromatic carbocycles. The number of aromatic nitrogens is 2. The maximum Gasteiger partial charge on any atom is 0.336 e. The smallest absolute Gasteiger partial charge is 0.336 e. The number of carboxylic acid groups (broad SMARTS) is 1. The number of benzene rings is 2. The second-order valence-electron chi connectivity index (χ2n) is 7.35. The van der Waals surface area contributed by atoms with Gasteiger partial charge in [-0.15, -0.1) is 16.9 Å². The van der Waals surface area contributed by atoms with Crippen LogP contribution in [0.15, 0.2) is 45.7 Å². The summed E-state index contributed by atoms with van der Waals surface area (Å²) in [7, 11) is 0. The lowest BCUT2D eigenvalue weighted by molar-refractivity contribution is -0.129. The number of rotatable bonds is 12. The van der Waals surface area contributed by atoms with Gasteiger partial charge in [0.2, 0.25) is 17.7 Å². The molecule has 190 valence electrons. The predicted molar refractivity (Wildman–Crippen MR) is 132 cm³/mol. The number of carboxylic acids is 1. The molecular formula is C22H23ClN6O6S. The van der Waals surface area contributed by atoms with Gasteiger partial charge in [0.15, 0.2) is 0 Å². The Morgan fingerprint density at radius 1 is 1.11 bits per heavy atom. The minimum Gasteiger partial charge on any atom is -0.492 e. The first-order chi connectivity index (χ1) is 17.2. The van der Waals surface area contributed by atoms with E-state index in [0.29, 0.717) is 34.4 Å². The van der Waals surface area contributed by atoms with Gasteiger partial charge in [0.1, 0.15) is 12.4 Å². The summed E-state index contributed by atoms with van der Waals surface area (Å²) in [5, 5.41) is 17.3. The first kappa shape index (κ1) is 26.8. The van der Waals surface area contributed by atoms with Crippen LogP contribution in [0.5, 0.6) is 5.75 Å². The number of carbonyl (C=O) groups is 3. The van der Waals surface area contributed by atoms with E-state index >= 15 is 0 Å². The quantitative estimate of drug-likeness (QED) is 0.246. The van der Waals surface area contributed by atoms with Gasteiger partial charge in [-0.2, -0.15) is 0 Å². The minimum absolute atomic E-state index is 0.0190. The van der Waals surface area contributed by atoms with Gasteiger partial charge < -0.3 is 36.4 Å². The highest BCUT2D eigenvalue weighted by Gasteiger charge is 2.21. The van der Waals surface area contributed by atoms with Crippen molar-refractivity contribution in [2.45, 2.75) is 18.0 Å². The van der Waals surface area contributed by atoms with E-state index in [1.54, 1.807) is 18.2 Å². The van der Waals surface area contributed by atoms with Crippen LogP contribution in [0, 0.1) is 0 Å². The molecule has 0 aliphatic heterocycles. The number of carbonyl (C=O) groups excluding carboxylic acids is 2. The van der Waals surface area contributed by atoms with E-state index in [1.165, 1.54) is 34.9 Å². The number of aromatic carboxylic acids is 1. The summed E-state index contributed by atoms with van der Waals surface area (Å²) in [6, 6.07) is 9.01. The van der Waals surface area contributed by atoms with Crippen molar-refractivity contribution in [1.29, 1.82) is 0 Å². The Hall–Kier alpha value is -3.81. The van der Waals surface area contributed by atoms with Crippen LogP contribution in [-0.4, -0.2) is 56.9 Å². The second kappa shape index (κ2) is 12.2. The van der Waals surface area contributed by atoms with Crippen molar-refractivity contribution in [2.24, 2.45) is 11.5 Å². The third-order valence-corrected chi connectivity index (χ3v) is 6.24. The Morgan fingerprint density at radius 2 is 1.89 bits per heavy atom. The summed E-state index contributed by atoms with van der Waals surface area (Å²) < 4.78 is 10.7. The van der Waals surface area contributed by atoms with E-state index in [-0.39, 0.29) is 47.8 Å². The number of amides is 2. The maximum absolute atomic E-state index is 13.2. The molecule has 0 spiro atoms. The number of anilines is 1. The zero-order chi connectivity index (χ0) is 26.2. The van der Waals surface area contributed by atoms with E-state index < -0.39 is 11.9 Å². The fraction of sp³-hybridized carbons (Fsp3) is 0.227. The van der Waals surface area contributed by atoms with E-state index in [0.717, 1.165) is 0 Å². The van der Waals surface area contributed by atoms with Crippen molar-refractivity contribution < 1.29 is 28.6 Å². The third-order valence-electron chi connectivity index (χ3n) is 4.75. The van der Waals surface area contributed by atoms with Crippen LogP contribution in [0.25, 0.3) is 0 Å². The zero-order valence-electron chi connectivity index (χ0n) is 18.8. The number of ether oxygens (including phenoxy) is 1. The number of halogens is 1. The number of nitrogens with zero attached hydrogens (tertiary/aromatic N) is 3. The van der Waals surface area contributed by atoms with Gasteiger partial charge in [0.05, 0.1) is 28.4 Å². The minimum atomic E-state index is -1.32. The summed E-state index contributed by atoms with van der Waals surface area (Å²) >= 11 is 7.47. The van der Waals surface area contributed by atoms with Crippen molar-refractivity contribution in [1.82, 2.24) is 15.1 Å². The van der Waals surface area contributed by atoms with Gasteiger partial charge in [0.25, 0.3) is 0 Å². The molecule has 0 bridgehead atoms. The monoisotopic (exact) mass is 534 g/mol. The van der Waals surface area contributed by atoms with Gasteiger partial charge in [-0.3, -0.25) is 9.59 Å². The molecule has 0 atom stereocenters. The topological polar surface area (TPSA) is 201 Å². The van der Waals surface area contributed by atoms with Gasteiger partial charge in [-0.05, 0) is 35.9 Å². The summed E-state index contributed by atoms with van der Waals surface area (Å²) in [6.07, 6.45) is 0. The summed E-state index contributed by atoms with van der Waals surface area (Å²) in [5.41, 5.74) is 16.2. The predicted octanol–water partition coefficient (Wildman–Crippen LogP) is 1.76. The van der Waals surface area contributed by atoms with E-state index in [9.17, 15) is 19.5 Å². The van der Waals surface area contributed by atoms with Crippen LogP contribution in [-0.2, 0) is 17.9 Å². The van der Waals surface area contributed by atoms with E-state index in [2.05, 4.69) is 10.2 Å². The fourth-order valence-electron chi connectivity index (χ4n) is 3.12. The van der Waals surface area contributed by atoms with Crippen molar-refractivity contribution in [3.05, 3.63) is 64.0 Å². The van der Waals surface area contributed by atoms with Gasteiger partial charge in [0, 0.05) is 18.0 Å². The zero-order valence-corrected chi connectivity index (χ0v) is 20.4. The van der Waals surface area contributed by atoms with Gasteiger partial charge >= 0.3 is 12.0 Å². The summed E-state index contributed by atoms with van der Waals surface area (Å²) in [5.74, 6) is -1.90. The van der Waals surface area contributed by atoms with Gasteiger partial charge in [-0.25, -0.2) is 4.79 Å². The lowest BCUT2D eigenvalue weighted by Gasteiger charge is -2.22. The van der Waals surface area contributed by atoms with Crippen LogP contribution in [0.4, 0.5) is 6.01 Å². The average molecular weight is 535 g/mol. The standard InChI is InChI=1S/C22H23ClN6O6S/c23-16-4-2-13(34-6-5-24)8-17(16)36-11-19(30)29(10-18-27-28-22(26)35-18)9-12-1-3-14(20(25)31)15(7-12)21(32)33/h1-4,7-8H,5-6,9-11,24H2,(H2,25,31)(H2,26,28)(H,32,33). The molecule has 14 heteroatoms. The molecule has 3 rings (SSSR count). The molecule has 2 amide bonds. The average Bonchev–Trinajstić information content (AvgIpc) is 3.26. The van der Waals surface area contributed by atoms with E-state index in [1.807, 2.05) is 0 Å². The lowest BCUT2D eigenvalue weighted by Crippen LogP contribution is -2.32. The SMILES string of the molecule is NCCOc1ccc(Cl)c(SCC(=O)N(Cc2ccc(C(N)=O)c(C(=O)O)c2)Cc2nnc(N)o2)c1. The van der Waals surface area contributed by atoms with Crippen molar-refractivity contribution in [3.63, 3.8) is 0 Å². The molecule has 0 radical (unpaired) electrons. The summed E-state index contributed by atoms with van der Waals surface area (Å²) in [6.45, 7) is 0.576. The molecule has 3 aromatic rings. The molecule has 0 saturated heterocycles. The van der Waals surface area contributed by atoms with Crippen molar-refractivity contribution in [3.8, 4) is 5.75 Å². The first-order valence-electron chi connectivity index (χ1n) is 10.4.